The number of aromatic nitrogens is 1. The Hall–Kier alpha value is -3.98. The molecule has 0 saturated heterocycles. The van der Waals surface area contributed by atoms with Gasteiger partial charge in [-0.25, -0.2) is 14.6 Å². The summed E-state index contributed by atoms with van der Waals surface area (Å²) in [6.07, 6.45) is 4.98. The molecule has 1 aromatic carbocycles. The highest BCUT2D eigenvalue weighted by Gasteiger charge is 2.29. The van der Waals surface area contributed by atoms with Crippen LogP contribution in [0.15, 0.2) is 47.1 Å². The number of carbonyl (C=O) groups is 3. The highest BCUT2D eigenvalue weighted by Crippen LogP contribution is 2.38. The molecule has 4 rings (SSSR count). The molecule has 0 saturated carbocycles. The van der Waals surface area contributed by atoms with Gasteiger partial charge in [-0.2, -0.15) is 0 Å². The summed E-state index contributed by atoms with van der Waals surface area (Å²) in [4.78, 5) is 42.0. The van der Waals surface area contributed by atoms with Gasteiger partial charge in [-0.3, -0.25) is 10.1 Å². The van der Waals surface area contributed by atoms with E-state index in [0.717, 1.165) is 23.3 Å². The SMILES string of the molecule is COCCNC(=O)NC(=O)COC(=O)c1c2c(nc3ccccc13)/C(=C/c1ccco1)CC(C)C2. The van der Waals surface area contributed by atoms with Gasteiger partial charge in [0.2, 0.25) is 0 Å². The first kappa shape index (κ1) is 24.2. The van der Waals surface area contributed by atoms with Crippen molar-refractivity contribution in [3.8, 4) is 0 Å². The number of nitrogens with zero attached hydrogens (tertiary/aromatic N) is 1. The summed E-state index contributed by atoms with van der Waals surface area (Å²) in [6, 6.07) is 10.3. The molecule has 1 aliphatic rings. The minimum absolute atomic E-state index is 0.247. The van der Waals surface area contributed by atoms with Gasteiger partial charge in [-0.1, -0.05) is 25.1 Å². The molecule has 3 amide bonds. The summed E-state index contributed by atoms with van der Waals surface area (Å²) in [5.41, 5.74) is 3.52. The van der Waals surface area contributed by atoms with Crippen LogP contribution in [0, 0.1) is 5.92 Å². The number of benzene rings is 1. The summed E-state index contributed by atoms with van der Waals surface area (Å²) >= 11 is 0. The molecule has 3 aromatic rings. The van der Waals surface area contributed by atoms with Gasteiger partial charge >= 0.3 is 12.0 Å². The minimum Gasteiger partial charge on any atom is -0.465 e. The van der Waals surface area contributed by atoms with Crippen LogP contribution in [0.1, 0.15) is 40.7 Å². The van der Waals surface area contributed by atoms with E-state index < -0.39 is 24.5 Å². The van der Waals surface area contributed by atoms with Gasteiger partial charge in [0.05, 0.1) is 29.6 Å². The first-order chi connectivity index (χ1) is 17.0. The van der Waals surface area contributed by atoms with E-state index in [2.05, 4.69) is 17.6 Å². The van der Waals surface area contributed by atoms with Crippen LogP contribution in [0.3, 0.4) is 0 Å². The number of methoxy groups -OCH3 is 1. The van der Waals surface area contributed by atoms with E-state index in [9.17, 15) is 14.4 Å². The van der Waals surface area contributed by atoms with Gasteiger partial charge in [-0.05, 0) is 54.2 Å². The van der Waals surface area contributed by atoms with Crippen LogP contribution in [0.2, 0.25) is 0 Å². The third-order valence-electron chi connectivity index (χ3n) is 5.66. The molecule has 2 aromatic heterocycles. The van der Waals surface area contributed by atoms with Crippen LogP contribution in [0.5, 0.6) is 0 Å². The molecule has 0 fully saturated rings. The Morgan fingerprint density at radius 3 is 2.77 bits per heavy atom. The predicted octanol–water partition coefficient (Wildman–Crippen LogP) is 3.58. The monoisotopic (exact) mass is 477 g/mol. The molecule has 0 radical (unpaired) electrons. The Labute approximate surface area is 202 Å². The average molecular weight is 478 g/mol. The second-order valence-electron chi connectivity index (χ2n) is 8.40. The molecule has 0 bridgehead atoms. The van der Waals surface area contributed by atoms with Crippen molar-refractivity contribution in [1.82, 2.24) is 15.6 Å². The quantitative estimate of drug-likeness (QED) is 0.394. The van der Waals surface area contributed by atoms with Crippen LogP contribution in [-0.2, 0) is 20.7 Å². The lowest BCUT2D eigenvalue weighted by Crippen LogP contribution is -2.42. The Bertz CT molecular complexity index is 1270. The molecule has 1 aliphatic carbocycles. The highest BCUT2D eigenvalue weighted by molar-refractivity contribution is 6.07. The van der Waals surface area contributed by atoms with Crippen LogP contribution >= 0.6 is 0 Å². The molecule has 1 atom stereocenters. The van der Waals surface area contributed by atoms with Crippen LogP contribution in [0.25, 0.3) is 22.6 Å². The Morgan fingerprint density at radius 1 is 1.17 bits per heavy atom. The van der Waals surface area contributed by atoms with Crippen molar-refractivity contribution < 1.29 is 28.3 Å². The third kappa shape index (κ3) is 5.75. The number of fused-ring (bicyclic) bond motifs is 2. The van der Waals surface area contributed by atoms with Crippen molar-refractivity contribution in [3.05, 3.63) is 65.2 Å². The first-order valence-electron chi connectivity index (χ1n) is 11.4. The van der Waals surface area contributed by atoms with Crippen molar-refractivity contribution in [2.75, 3.05) is 26.9 Å². The number of amides is 3. The van der Waals surface area contributed by atoms with Crippen LogP contribution in [-0.4, -0.2) is 49.8 Å². The Kier molecular flexibility index (Phi) is 7.57. The summed E-state index contributed by atoms with van der Waals surface area (Å²) in [7, 11) is 1.50. The lowest BCUT2D eigenvalue weighted by Gasteiger charge is -2.26. The fourth-order valence-corrected chi connectivity index (χ4v) is 4.19. The number of nitrogens with one attached hydrogen (secondary N) is 2. The highest BCUT2D eigenvalue weighted by atomic mass is 16.5. The fraction of sp³-hybridized carbons (Fsp3) is 0.308. The van der Waals surface area contributed by atoms with Gasteiger partial charge in [-0.15, -0.1) is 0 Å². The maximum atomic E-state index is 13.3. The molecule has 2 N–H and O–H groups in total. The van der Waals surface area contributed by atoms with Gasteiger partial charge in [0.25, 0.3) is 5.91 Å². The Balaban J connectivity index is 1.61. The zero-order valence-corrected chi connectivity index (χ0v) is 19.6. The van der Waals surface area contributed by atoms with Crippen molar-refractivity contribution >= 4 is 40.5 Å². The van der Waals surface area contributed by atoms with E-state index in [0.29, 0.717) is 35.3 Å². The van der Waals surface area contributed by atoms with E-state index in [1.165, 1.54) is 7.11 Å². The number of hydrogen-bond donors (Lipinski definition) is 2. The van der Waals surface area contributed by atoms with Gasteiger partial charge in [0.15, 0.2) is 6.61 Å². The number of urea groups is 1. The predicted molar refractivity (Wildman–Crippen MR) is 130 cm³/mol. The standard InChI is InChI=1S/C26H27N3O6/c1-16-12-17(14-18-6-5-10-34-18)24-20(13-16)23(19-7-3-4-8-21(19)28-24)25(31)35-15-22(30)29-26(32)27-9-11-33-2/h3-8,10,14,16H,9,11-13,15H2,1-2H3,(H2,27,29,30,32)/b17-14+. The smallest absolute Gasteiger partial charge is 0.339 e. The molecular formula is C26H27N3O6. The van der Waals surface area contributed by atoms with E-state index in [1.807, 2.05) is 42.5 Å². The van der Waals surface area contributed by atoms with E-state index >= 15 is 0 Å². The number of ether oxygens (including phenoxy) is 2. The molecule has 9 heteroatoms. The second kappa shape index (κ2) is 11.0. The fourth-order valence-electron chi connectivity index (χ4n) is 4.19. The summed E-state index contributed by atoms with van der Waals surface area (Å²) in [5, 5.41) is 5.25. The number of pyridine rings is 1. The number of imide groups is 1. The van der Waals surface area contributed by atoms with Gasteiger partial charge in [0.1, 0.15) is 5.76 Å². The second-order valence-corrected chi connectivity index (χ2v) is 8.40. The van der Waals surface area contributed by atoms with E-state index in [1.54, 1.807) is 6.26 Å². The van der Waals surface area contributed by atoms with Crippen molar-refractivity contribution in [2.24, 2.45) is 5.92 Å². The van der Waals surface area contributed by atoms with Crippen molar-refractivity contribution in [3.63, 3.8) is 0 Å². The molecule has 9 nitrogen and oxygen atoms in total. The number of carbonyl (C=O) groups excluding carboxylic acids is 3. The van der Waals surface area contributed by atoms with E-state index in [-0.39, 0.29) is 12.5 Å². The van der Waals surface area contributed by atoms with Gasteiger partial charge < -0.3 is 19.2 Å². The molecule has 0 spiro atoms. The normalized spacial score (nSPS) is 16.1. The number of para-hydroxylation sites is 1. The first-order valence-corrected chi connectivity index (χ1v) is 11.4. The lowest BCUT2D eigenvalue weighted by molar-refractivity contribution is -0.123. The minimum atomic E-state index is -0.729. The number of furan rings is 1. The molecular weight excluding hydrogens is 450 g/mol. The molecule has 0 aliphatic heterocycles. The number of rotatable bonds is 7. The summed E-state index contributed by atoms with van der Waals surface area (Å²) in [5.74, 6) is -0.398. The number of allylic oxidation sites excluding steroid dienone is 1. The molecule has 182 valence electrons. The van der Waals surface area contributed by atoms with Crippen LogP contribution < -0.4 is 10.6 Å². The maximum Gasteiger partial charge on any atom is 0.339 e. The third-order valence-corrected chi connectivity index (χ3v) is 5.66. The lowest BCUT2D eigenvalue weighted by atomic mass is 9.81. The topological polar surface area (TPSA) is 120 Å². The molecule has 1 unspecified atom stereocenters. The zero-order valence-electron chi connectivity index (χ0n) is 19.6. The molecule has 2 heterocycles. The van der Waals surface area contributed by atoms with Crippen molar-refractivity contribution in [1.29, 1.82) is 0 Å². The van der Waals surface area contributed by atoms with Crippen molar-refractivity contribution in [2.45, 2.75) is 19.8 Å². The summed E-state index contributed by atoms with van der Waals surface area (Å²) < 4.78 is 15.7. The Morgan fingerprint density at radius 2 is 2.00 bits per heavy atom. The zero-order chi connectivity index (χ0) is 24.8. The number of hydrogen-bond acceptors (Lipinski definition) is 7. The summed E-state index contributed by atoms with van der Waals surface area (Å²) in [6.45, 7) is 2.08. The number of esters is 1. The van der Waals surface area contributed by atoms with Gasteiger partial charge in [0, 0.05) is 19.0 Å². The molecule has 35 heavy (non-hydrogen) atoms. The largest absolute Gasteiger partial charge is 0.465 e. The maximum absolute atomic E-state index is 13.3. The van der Waals surface area contributed by atoms with E-state index in [4.69, 9.17) is 18.9 Å². The average Bonchev–Trinajstić information content (AvgIpc) is 3.34. The van der Waals surface area contributed by atoms with Crippen LogP contribution in [0.4, 0.5) is 4.79 Å².